The van der Waals surface area contributed by atoms with Crippen LogP contribution in [-0.4, -0.2) is 16.3 Å². The van der Waals surface area contributed by atoms with Crippen molar-refractivity contribution < 1.29 is 4.43 Å². The normalized spacial score (nSPS) is 10.3. The van der Waals surface area contributed by atoms with Gasteiger partial charge in [0.05, 0.1) is 0 Å². The zero-order valence-electron chi connectivity index (χ0n) is 4.90. The Balaban J connectivity index is 2.83. The Kier molecular flexibility index (Phi) is 4.38. The van der Waals surface area contributed by atoms with E-state index in [2.05, 4.69) is 6.92 Å². The first-order valence-electron chi connectivity index (χ1n) is 2.46. The molecule has 0 rings (SSSR count). The van der Waals surface area contributed by atoms with Gasteiger partial charge in [0.15, 0.2) is 0 Å². The molecular formula is C4H12NOSi. The molecular weight excluding hydrogens is 106 g/mol. The summed E-state index contributed by atoms with van der Waals surface area (Å²) in [5, 5.41) is 5.46. The summed E-state index contributed by atoms with van der Waals surface area (Å²) in [5.41, 5.74) is 0. The van der Waals surface area contributed by atoms with Gasteiger partial charge in [0.1, 0.15) is 0 Å². The highest BCUT2D eigenvalue weighted by atomic mass is 28.3. The van der Waals surface area contributed by atoms with E-state index in [1.807, 2.05) is 0 Å². The van der Waals surface area contributed by atoms with Crippen molar-refractivity contribution in [3.05, 3.63) is 0 Å². The Hall–Kier alpha value is 0.137. The zero-order valence-corrected chi connectivity index (χ0v) is 5.90. The van der Waals surface area contributed by atoms with Crippen LogP contribution in [-0.2, 0) is 4.43 Å². The fourth-order valence-electron chi connectivity index (χ4n) is 0.348. The molecule has 0 aliphatic rings. The summed E-state index contributed by atoms with van der Waals surface area (Å²) in [4.78, 5) is 0. The van der Waals surface area contributed by atoms with Crippen molar-refractivity contribution in [2.75, 3.05) is 7.11 Å². The molecule has 0 aromatic carbocycles. The average molecular weight is 118 g/mol. The third-order valence-electron chi connectivity index (χ3n) is 0.759. The molecule has 0 saturated heterocycles. The molecule has 0 aliphatic heterocycles. The largest absolute Gasteiger partial charge is 0.406 e. The van der Waals surface area contributed by atoms with Gasteiger partial charge in [-0.25, -0.2) is 0 Å². The van der Waals surface area contributed by atoms with E-state index in [9.17, 15) is 0 Å². The average Bonchev–Trinajstić information content (AvgIpc) is 1.68. The van der Waals surface area contributed by atoms with Gasteiger partial charge in [-0.05, 0) is 6.04 Å². The zero-order chi connectivity index (χ0) is 5.70. The number of nitrogens with two attached hydrogens (primary N) is 1. The maximum Gasteiger partial charge on any atom is 0.299 e. The van der Waals surface area contributed by atoms with Gasteiger partial charge >= 0.3 is 0 Å². The molecule has 2 N–H and O–H groups in total. The summed E-state index contributed by atoms with van der Waals surface area (Å²) in [6.45, 7) is 2.11. The highest BCUT2D eigenvalue weighted by Crippen LogP contribution is 1.89. The van der Waals surface area contributed by atoms with Gasteiger partial charge in [0, 0.05) is 7.11 Å². The summed E-state index contributed by atoms with van der Waals surface area (Å²) in [7, 11) is 0.791. The fraction of sp³-hybridized carbons (Fsp3) is 1.00. The number of hydrogen-bond donors (Lipinski definition) is 1. The molecule has 0 saturated carbocycles. The monoisotopic (exact) mass is 118 g/mol. The van der Waals surface area contributed by atoms with Gasteiger partial charge in [-0.3, -0.25) is 0 Å². The molecule has 0 aliphatic carbocycles. The second kappa shape index (κ2) is 4.30. The molecule has 0 bridgehead atoms. The Morgan fingerprint density at radius 3 is 2.43 bits per heavy atom. The third-order valence-corrected chi connectivity index (χ3v) is 2.28. The number of hydrogen-bond acceptors (Lipinski definition) is 2. The molecule has 2 nitrogen and oxygen atoms in total. The van der Waals surface area contributed by atoms with E-state index in [0.717, 1.165) is 12.5 Å². The van der Waals surface area contributed by atoms with Gasteiger partial charge in [-0.1, -0.05) is 13.3 Å². The lowest BCUT2D eigenvalue weighted by molar-refractivity contribution is 0.418. The van der Waals surface area contributed by atoms with E-state index in [1.54, 1.807) is 7.11 Å². The first-order chi connectivity index (χ1) is 3.31. The first kappa shape index (κ1) is 7.14. The molecule has 1 radical (unpaired) electrons. The van der Waals surface area contributed by atoms with Crippen molar-refractivity contribution in [1.29, 1.82) is 0 Å². The van der Waals surface area contributed by atoms with Crippen molar-refractivity contribution in [3.63, 3.8) is 0 Å². The Bertz CT molecular complexity index is 42.7. The van der Waals surface area contributed by atoms with Crippen LogP contribution in [0.4, 0.5) is 0 Å². The van der Waals surface area contributed by atoms with E-state index in [0.29, 0.717) is 0 Å². The molecule has 0 aromatic rings. The standard InChI is InChI=1S/C4H12NOSi/c1-3-4-7(5)6-2/h3-5H2,1-2H3. The lowest BCUT2D eigenvalue weighted by Gasteiger charge is -2.00. The molecule has 0 unspecified atom stereocenters. The van der Waals surface area contributed by atoms with E-state index >= 15 is 0 Å². The molecule has 3 heteroatoms. The lowest BCUT2D eigenvalue weighted by Crippen LogP contribution is -2.27. The van der Waals surface area contributed by atoms with Crippen LogP contribution >= 0.6 is 0 Å². The molecule has 43 valence electrons. The maximum absolute atomic E-state index is 5.46. The molecule has 0 amide bonds. The van der Waals surface area contributed by atoms with Crippen LogP contribution in [0.3, 0.4) is 0 Å². The lowest BCUT2D eigenvalue weighted by atomic mass is 10.6. The van der Waals surface area contributed by atoms with Crippen molar-refractivity contribution in [3.8, 4) is 0 Å². The van der Waals surface area contributed by atoms with Gasteiger partial charge < -0.3 is 9.83 Å². The highest BCUT2D eigenvalue weighted by Gasteiger charge is 1.99. The van der Waals surface area contributed by atoms with E-state index in [-0.39, 0.29) is 0 Å². The van der Waals surface area contributed by atoms with Crippen molar-refractivity contribution in [2.45, 2.75) is 19.4 Å². The first-order valence-corrected chi connectivity index (χ1v) is 4.15. The fourth-order valence-corrected chi connectivity index (χ4v) is 1.05. The Labute approximate surface area is 46.5 Å². The highest BCUT2D eigenvalue weighted by molar-refractivity contribution is 6.47. The second-order valence-electron chi connectivity index (χ2n) is 1.42. The predicted octanol–water partition coefficient (Wildman–Crippen LogP) is 0.490. The van der Waals surface area contributed by atoms with E-state index < -0.39 is 9.20 Å². The molecule has 0 aromatic heterocycles. The van der Waals surface area contributed by atoms with Crippen LogP contribution in [0, 0.1) is 0 Å². The van der Waals surface area contributed by atoms with Gasteiger partial charge in [0.2, 0.25) is 0 Å². The topological polar surface area (TPSA) is 35.2 Å². The van der Waals surface area contributed by atoms with Crippen LogP contribution in [0.25, 0.3) is 0 Å². The van der Waals surface area contributed by atoms with Crippen LogP contribution in [0.2, 0.25) is 6.04 Å². The Morgan fingerprint density at radius 1 is 1.71 bits per heavy atom. The molecule has 7 heavy (non-hydrogen) atoms. The van der Waals surface area contributed by atoms with Crippen molar-refractivity contribution >= 4 is 9.20 Å². The summed E-state index contributed by atoms with van der Waals surface area (Å²) in [5.74, 6) is 0. The summed E-state index contributed by atoms with van der Waals surface area (Å²) in [6, 6.07) is 1.06. The SMILES string of the molecule is CCC[Si](N)OC. The number of rotatable bonds is 3. The quantitative estimate of drug-likeness (QED) is 0.547. The van der Waals surface area contributed by atoms with E-state index in [1.165, 1.54) is 0 Å². The van der Waals surface area contributed by atoms with Gasteiger partial charge in [-0.2, -0.15) is 0 Å². The summed E-state index contributed by atoms with van der Waals surface area (Å²) in [6.07, 6.45) is 1.14. The molecule has 0 spiro atoms. The minimum atomic E-state index is -0.880. The molecule has 0 atom stereocenters. The van der Waals surface area contributed by atoms with Crippen LogP contribution in [0.1, 0.15) is 13.3 Å². The summed E-state index contributed by atoms with van der Waals surface area (Å²) >= 11 is 0. The minimum Gasteiger partial charge on any atom is -0.406 e. The summed E-state index contributed by atoms with van der Waals surface area (Å²) < 4.78 is 4.87. The van der Waals surface area contributed by atoms with Crippen molar-refractivity contribution in [2.24, 2.45) is 5.40 Å². The van der Waals surface area contributed by atoms with Crippen LogP contribution in [0.15, 0.2) is 0 Å². The van der Waals surface area contributed by atoms with Crippen LogP contribution in [0.5, 0.6) is 0 Å². The Morgan fingerprint density at radius 2 is 2.29 bits per heavy atom. The van der Waals surface area contributed by atoms with Gasteiger partial charge in [-0.15, -0.1) is 0 Å². The van der Waals surface area contributed by atoms with Crippen LogP contribution < -0.4 is 5.40 Å². The maximum atomic E-state index is 5.46. The molecule has 0 fully saturated rings. The third kappa shape index (κ3) is 3.98. The predicted molar refractivity (Wildman–Crippen MR) is 32.0 cm³/mol. The second-order valence-corrected chi connectivity index (χ2v) is 3.26. The van der Waals surface area contributed by atoms with E-state index in [4.69, 9.17) is 9.83 Å². The molecule has 0 heterocycles. The smallest absolute Gasteiger partial charge is 0.299 e. The minimum absolute atomic E-state index is 0.880. The van der Waals surface area contributed by atoms with Gasteiger partial charge in [0.25, 0.3) is 9.20 Å². The van der Waals surface area contributed by atoms with Crippen molar-refractivity contribution in [1.82, 2.24) is 0 Å².